The Hall–Kier alpha value is -0.770. The Bertz CT molecular complexity index is 176. The molecule has 0 aromatic rings. The lowest BCUT2D eigenvalue weighted by molar-refractivity contribution is 0.100. The van der Waals surface area contributed by atoms with Gasteiger partial charge in [-0.2, -0.15) is 0 Å². The summed E-state index contributed by atoms with van der Waals surface area (Å²) in [5.74, 6) is 0. The SMILES string of the molecule is CCN(C(=O)O)C1CCN(C)CC1. The number of carboxylic acid groups (broad SMARTS) is 1. The van der Waals surface area contributed by atoms with Crippen molar-refractivity contribution in [3.05, 3.63) is 0 Å². The fraction of sp³-hybridized carbons (Fsp3) is 0.889. The number of hydrogen-bond donors (Lipinski definition) is 1. The quantitative estimate of drug-likeness (QED) is 0.701. The molecule has 1 fully saturated rings. The summed E-state index contributed by atoms with van der Waals surface area (Å²) in [6, 6.07) is 0.235. The van der Waals surface area contributed by atoms with Crippen LogP contribution in [0, 0.1) is 0 Å². The highest BCUT2D eigenvalue weighted by molar-refractivity contribution is 5.65. The fourth-order valence-corrected chi connectivity index (χ4v) is 1.86. The summed E-state index contributed by atoms with van der Waals surface area (Å²) in [4.78, 5) is 14.6. The normalized spacial score (nSPS) is 20.2. The van der Waals surface area contributed by atoms with Gasteiger partial charge in [0.05, 0.1) is 0 Å². The summed E-state index contributed by atoms with van der Waals surface area (Å²) in [7, 11) is 2.08. The van der Waals surface area contributed by atoms with Crippen molar-refractivity contribution >= 4 is 6.09 Å². The predicted octanol–water partition coefficient (Wildman–Crippen LogP) is 1.08. The maximum Gasteiger partial charge on any atom is 0.407 e. The summed E-state index contributed by atoms with van der Waals surface area (Å²) in [6.07, 6.45) is 1.16. The summed E-state index contributed by atoms with van der Waals surface area (Å²) in [6.45, 7) is 4.51. The summed E-state index contributed by atoms with van der Waals surface area (Å²) in [5.41, 5.74) is 0. The average Bonchev–Trinajstić information content (AvgIpc) is 2.09. The van der Waals surface area contributed by atoms with E-state index in [1.54, 1.807) is 4.90 Å². The molecule has 0 aromatic heterocycles. The second kappa shape index (κ2) is 4.46. The summed E-state index contributed by atoms with van der Waals surface area (Å²) in [5, 5.41) is 8.90. The van der Waals surface area contributed by atoms with Gasteiger partial charge < -0.3 is 14.9 Å². The molecule has 4 nitrogen and oxygen atoms in total. The lowest BCUT2D eigenvalue weighted by Gasteiger charge is -2.35. The van der Waals surface area contributed by atoms with E-state index in [9.17, 15) is 4.79 Å². The number of likely N-dealkylation sites (tertiary alicyclic amines) is 1. The van der Waals surface area contributed by atoms with Crippen LogP contribution in [0.3, 0.4) is 0 Å². The van der Waals surface area contributed by atoms with Gasteiger partial charge in [0.2, 0.25) is 0 Å². The second-order valence-corrected chi connectivity index (χ2v) is 3.60. The molecule has 0 aromatic carbocycles. The fourth-order valence-electron chi connectivity index (χ4n) is 1.86. The molecule has 13 heavy (non-hydrogen) atoms. The van der Waals surface area contributed by atoms with Crippen LogP contribution in [0.2, 0.25) is 0 Å². The van der Waals surface area contributed by atoms with Gasteiger partial charge in [0.15, 0.2) is 0 Å². The van der Waals surface area contributed by atoms with Crippen molar-refractivity contribution in [2.24, 2.45) is 0 Å². The van der Waals surface area contributed by atoms with Gasteiger partial charge in [0.25, 0.3) is 0 Å². The van der Waals surface area contributed by atoms with E-state index in [-0.39, 0.29) is 6.04 Å². The van der Waals surface area contributed by atoms with Crippen molar-refractivity contribution in [1.82, 2.24) is 9.80 Å². The van der Waals surface area contributed by atoms with E-state index in [1.807, 2.05) is 6.92 Å². The Balaban J connectivity index is 2.46. The van der Waals surface area contributed by atoms with Crippen molar-refractivity contribution < 1.29 is 9.90 Å². The van der Waals surface area contributed by atoms with Gasteiger partial charge in [-0.3, -0.25) is 0 Å². The highest BCUT2D eigenvalue weighted by Crippen LogP contribution is 2.15. The minimum atomic E-state index is -0.781. The first-order valence-corrected chi connectivity index (χ1v) is 4.83. The minimum Gasteiger partial charge on any atom is -0.465 e. The number of hydrogen-bond acceptors (Lipinski definition) is 2. The van der Waals surface area contributed by atoms with E-state index in [4.69, 9.17) is 5.11 Å². The molecule has 1 aliphatic rings. The van der Waals surface area contributed by atoms with Crippen LogP contribution in [0.4, 0.5) is 4.79 Å². The van der Waals surface area contributed by atoms with Crippen LogP contribution in [-0.2, 0) is 0 Å². The molecule has 1 rings (SSSR count). The smallest absolute Gasteiger partial charge is 0.407 e. The van der Waals surface area contributed by atoms with Crippen LogP contribution in [-0.4, -0.2) is 53.7 Å². The highest BCUT2D eigenvalue weighted by Gasteiger charge is 2.24. The number of nitrogens with zero attached hydrogens (tertiary/aromatic N) is 2. The monoisotopic (exact) mass is 186 g/mol. The average molecular weight is 186 g/mol. The van der Waals surface area contributed by atoms with Gasteiger partial charge >= 0.3 is 6.09 Å². The first-order valence-electron chi connectivity index (χ1n) is 4.83. The van der Waals surface area contributed by atoms with E-state index in [0.29, 0.717) is 6.54 Å². The molecule has 0 bridgehead atoms. The summed E-state index contributed by atoms with van der Waals surface area (Å²) >= 11 is 0. The number of rotatable bonds is 2. The number of carbonyl (C=O) groups is 1. The molecule has 1 N–H and O–H groups in total. The molecule has 0 atom stereocenters. The van der Waals surface area contributed by atoms with Gasteiger partial charge in [-0.1, -0.05) is 0 Å². The molecule has 0 spiro atoms. The number of amides is 1. The molecule has 0 radical (unpaired) electrons. The Morgan fingerprint density at radius 3 is 2.46 bits per heavy atom. The molecule has 76 valence electrons. The third-order valence-corrected chi connectivity index (χ3v) is 2.72. The first kappa shape index (κ1) is 10.3. The van der Waals surface area contributed by atoms with E-state index in [0.717, 1.165) is 25.9 Å². The molecular formula is C9H18N2O2. The summed E-state index contributed by atoms with van der Waals surface area (Å²) < 4.78 is 0. The van der Waals surface area contributed by atoms with Gasteiger partial charge in [-0.25, -0.2) is 4.79 Å². The van der Waals surface area contributed by atoms with Gasteiger partial charge in [-0.15, -0.1) is 0 Å². The van der Waals surface area contributed by atoms with Crippen molar-refractivity contribution in [2.75, 3.05) is 26.7 Å². The molecular weight excluding hydrogens is 168 g/mol. The molecule has 1 saturated heterocycles. The third kappa shape index (κ3) is 2.59. The number of piperidine rings is 1. The standard InChI is InChI=1S/C9H18N2O2/c1-3-11(9(12)13)8-4-6-10(2)7-5-8/h8H,3-7H2,1-2H3,(H,12,13). The zero-order valence-corrected chi connectivity index (χ0v) is 8.36. The van der Waals surface area contributed by atoms with Crippen LogP contribution in [0.5, 0.6) is 0 Å². The topological polar surface area (TPSA) is 43.8 Å². The minimum absolute atomic E-state index is 0.235. The van der Waals surface area contributed by atoms with Gasteiger partial charge in [-0.05, 0) is 39.9 Å². The van der Waals surface area contributed by atoms with Crippen LogP contribution >= 0.6 is 0 Å². The highest BCUT2D eigenvalue weighted by atomic mass is 16.4. The lowest BCUT2D eigenvalue weighted by Crippen LogP contribution is -2.45. The van der Waals surface area contributed by atoms with E-state index < -0.39 is 6.09 Å². The van der Waals surface area contributed by atoms with Crippen LogP contribution in [0.15, 0.2) is 0 Å². The lowest BCUT2D eigenvalue weighted by atomic mass is 10.0. The molecule has 0 saturated carbocycles. The van der Waals surface area contributed by atoms with Crippen molar-refractivity contribution in [1.29, 1.82) is 0 Å². The van der Waals surface area contributed by atoms with E-state index in [1.165, 1.54) is 0 Å². The van der Waals surface area contributed by atoms with Crippen LogP contribution < -0.4 is 0 Å². The zero-order valence-electron chi connectivity index (χ0n) is 8.36. The molecule has 1 heterocycles. The maximum absolute atomic E-state index is 10.8. The van der Waals surface area contributed by atoms with Crippen LogP contribution in [0.1, 0.15) is 19.8 Å². The zero-order chi connectivity index (χ0) is 9.84. The third-order valence-electron chi connectivity index (χ3n) is 2.72. The molecule has 4 heteroatoms. The second-order valence-electron chi connectivity index (χ2n) is 3.60. The Morgan fingerprint density at radius 1 is 1.54 bits per heavy atom. The van der Waals surface area contributed by atoms with Crippen molar-refractivity contribution in [2.45, 2.75) is 25.8 Å². The molecule has 1 amide bonds. The molecule has 0 unspecified atom stereocenters. The largest absolute Gasteiger partial charge is 0.465 e. The van der Waals surface area contributed by atoms with E-state index in [2.05, 4.69) is 11.9 Å². The maximum atomic E-state index is 10.8. The molecule has 0 aliphatic carbocycles. The Labute approximate surface area is 79.1 Å². The van der Waals surface area contributed by atoms with Gasteiger partial charge in [0.1, 0.15) is 0 Å². The predicted molar refractivity (Wildman–Crippen MR) is 50.9 cm³/mol. The van der Waals surface area contributed by atoms with E-state index >= 15 is 0 Å². The Morgan fingerprint density at radius 2 is 2.08 bits per heavy atom. The first-order chi connectivity index (χ1) is 6.15. The van der Waals surface area contributed by atoms with Crippen molar-refractivity contribution in [3.63, 3.8) is 0 Å². The molecule has 1 aliphatic heterocycles. The Kier molecular flexibility index (Phi) is 3.54. The van der Waals surface area contributed by atoms with Crippen LogP contribution in [0.25, 0.3) is 0 Å². The van der Waals surface area contributed by atoms with Crippen molar-refractivity contribution in [3.8, 4) is 0 Å². The van der Waals surface area contributed by atoms with Gasteiger partial charge in [0, 0.05) is 12.6 Å².